The number of nitrogens with zero attached hydrogens (tertiary/aromatic N) is 2. The van der Waals surface area contributed by atoms with Gasteiger partial charge in [-0.15, -0.1) is 0 Å². The monoisotopic (exact) mass is 377 g/mol. The number of halogens is 1. The summed E-state index contributed by atoms with van der Waals surface area (Å²) in [6.45, 7) is 5.58. The first kappa shape index (κ1) is 19.2. The lowest BCUT2D eigenvalue weighted by Crippen LogP contribution is -2.53. The quantitative estimate of drug-likeness (QED) is 0.877. The Morgan fingerprint density at radius 3 is 2.92 bits per heavy atom. The fourth-order valence-corrected chi connectivity index (χ4v) is 4.19. The number of piperidine rings is 1. The van der Waals surface area contributed by atoms with Crippen molar-refractivity contribution in [3.8, 4) is 0 Å². The van der Waals surface area contributed by atoms with Crippen LogP contribution >= 0.6 is 11.6 Å². The number of carbonyl (C=O) groups excluding carboxylic acids is 2. The van der Waals surface area contributed by atoms with E-state index in [0.29, 0.717) is 24.5 Å². The topological polar surface area (TPSA) is 52.7 Å². The first-order chi connectivity index (χ1) is 12.6. The SMILES string of the molecule is CCCC(=O)N1CCCC(C(=O)N2CCNCC2c2cccc(Cl)c2)C1. The molecule has 2 unspecified atom stereocenters. The van der Waals surface area contributed by atoms with Crippen molar-refractivity contribution in [3.63, 3.8) is 0 Å². The van der Waals surface area contributed by atoms with Gasteiger partial charge in [0.1, 0.15) is 0 Å². The second-order valence-corrected chi connectivity index (χ2v) is 7.67. The standard InChI is InChI=1S/C20H28ClN3O2/c1-2-5-19(25)23-10-4-7-16(14-23)20(26)24-11-9-22-13-18(24)15-6-3-8-17(21)12-15/h3,6,8,12,16,18,22H,2,4-5,7,9-11,13-14H2,1H3. The Balaban J connectivity index is 1.73. The zero-order valence-corrected chi connectivity index (χ0v) is 16.2. The molecule has 0 aromatic heterocycles. The molecule has 1 aromatic carbocycles. The number of hydrogen-bond donors (Lipinski definition) is 1. The Hall–Kier alpha value is -1.59. The summed E-state index contributed by atoms with van der Waals surface area (Å²) in [5.74, 6) is 0.256. The van der Waals surface area contributed by atoms with E-state index in [-0.39, 0.29) is 23.8 Å². The molecule has 0 radical (unpaired) electrons. The lowest BCUT2D eigenvalue weighted by Gasteiger charge is -2.41. The lowest BCUT2D eigenvalue weighted by atomic mass is 9.94. The number of rotatable bonds is 4. The molecule has 2 amide bonds. The van der Waals surface area contributed by atoms with Gasteiger partial charge in [-0.2, -0.15) is 0 Å². The molecule has 6 heteroatoms. The number of hydrogen-bond acceptors (Lipinski definition) is 3. The maximum Gasteiger partial charge on any atom is 0.228 e. The molecule has 2 saturated heterocycles. The van der Waals surface area contributed by atoms with Crippen LogP contribution in [-0.4, -0.2) is 54.3 Å². The Morgan fingerprint density at radius 1 is 1.31 bits per heavy atom. The van der Waals surface area contributed by atoms with Crippen LogP contribution in [0.25, 0.3) is 0 Å². The second kappa shape index (κ2) is 8.87. The van der Waals surface area contributed by atoms with Crippen molar-refractivity contribution >= 4 is 23.4 Å². The van der Waals surface area contributed by atoms with Crippen molar-refractivity contribution in [2.75, 3.05) is 32.7 Å². The van der Waals surface area contributed by atoms with Crippen molar-refractivity contribution in [2.45, 2.75) is 38.6 Å². The number of carbonyl (C=O) groups is 2. The molecule has 2 aliphatic rings. The predicted molar refractivity (Wildman–Crippen MR) is 103 cm³/mol. The molecular weight excluding hydrogens is 350 g/mol. The van der Waals surface area contributed by atoms with E-state index >= 15 is 0 Å². The van der Waals surface area contributed by atoms with Crippen LogP contribution in [0.1, 0.15) is 44.2 Å². The van der Waals surface area contributed by atoms with Crippen molar-refractivity contribution in [3.05, 3.63) is 34.9 Å². The van der Waals surface area contributed by atoms with E-state index in [9.17, 15) is 9.59 Å². The number of nitrogens with one attached hydrogen (secondary N) is 1. The first-order valence-corrected chi connectivity index (χ1v) is 10.0. The first-order valence-electron chi connectivity index (χ1n) is 9.64. The summed E-state index contributed by atoms with van der Waals surface area (Å²) >= 11 is 6.16. The van der Waals surface area contributed by atoms with Gasteiger partial charge in [-0.05, 0) is 37.0 Å². The molecule has 2 aliphatic heterocycles. The second-order valence-electron chi connectivity index (χ2n) is 7.24. The molecule has 0 aliphatic carbocycles. The van der Waals surface area contributed by atoms with E-state index in [1.54, 1.807) is 0 Å². The Bertz CT molecular complexity index is 652. The average molecular weight is 378 g/mol. The highest BCUT2D eigenvalue weighted by Crippen LogP contribution is 2.28. The molecule has 1 aromatic rings. The highest BCUT2D eigenvalue weighted by Gasteiger charge is 2.35. The maximum absolute atomic E-state index is 13.3. The van der Waals surface area contributed by atoms with Crippen molar-refractivity contribution < 1.29 is 9.59 Å². The largest absolute Gasteiger partial charge is 0.342 e. The molecule has 2 fully saturated rings. The average Bonchev–Trinajstić information content (AvgIpc) is 2.68. The molecular formula is C20H28ClN3O2. The highest BCUT2D eigenvalue weighted by atomic mass is 35.5. The summed E-state index contributed by atoms with van der Waals surface area (Å²) in [5.41, 5.74) is 1.06. The summed E-state index contributed by atoms with van der Waals surface area (Å²) in [6.07, 6.45) is 3.18. The fourth-order valence-electron chi connectivity index (χ4n) is 3.99. The van der Waals surface area contributed by atoms with E-state index in [0.717, 1.165) is 44.5 Å². The normalized spacial score (nSPS) is 23.8. The third-order valence-electron chi connectivity index (χ3n) is 5.35. The molecule has 3 rings (SSSR count). The maximum atomic E-state index is 13.3. The zero-order chi connectivity index (χ0) is 18.5. The van der Waals surface area contributed by atoms with Gasteiger partial charge >= 0.3 is 0 Å². The zero-order valence-electron chi connectivity index (χ0n) is 15.4. The summed E-state index contributed by atoms with van der Waals surface area (Å²) in [5, 5.41) is 4.07. The molecule has 0 bridgehead atoms. The van der Waals surface area contributed by atoms with Gasteiger partial charge in [-0.25, -0.2) is 0 Å². The van der Waals surface area contributed by atoms with Crippen LogP contribution in [0.5, 0.6) is 0 Å². The lowest BCUT2D eigenvalue weighted by molar-refractivity contribution is -0.143. The summed E-state index contributed by atoms with van der Waals surface area (Å²) in [6, 6.07) is 7.75. The van der Waals surface area contributed by atoms with Crippen LogP contribution in [0.2, 0.25) is 5.02 Å². The van der Waals surface area contributed by atoms with E-state index in [1.807, 2.05) is 41.0 Å². The minimum atomic E-state index is -0.0932. The molecule has 0 saturated carbocycles. The molecule has 26 heavy (non-hydrogen) atoms. The molecule has 0 spiro atoms. The molecule has 2 atom stereocenters. The fraction of sp³-hybridized carbons (Fsp3) is 0.600. The van der Waals surface area contributed by atoms with Crippen LogP contribution in [0.3, 0.4) is 0 Å². The van der Waals surface area contributed by atoms with Gasteiger partial charge in [-0.3, -0.25) is 9.59 Å². The van der Waals surface area contributed by atoms with E-state index in [1.165, 1.54) is 0 Å². The van der Waals surface area contributed by atoms with Crippen LogP contribution in [0.4, 0.5) is 0 Å². The van der Waals surface area contributed by atoms with Crippen LogP contribution in [-0.2, 0) is 9.59 Å². The number of piperazine rings is 1. The molecule has 5 nitrogen and oxygen atoms in total. The van der Waals surface area contributed by atoms with Gasteiger partial charge in [0.2, 0.25) is 11.8 Å². The van der Waals surface area contributed by atoms with Gasteiger partial charge in [-0.1, -0.05) is 30.7 Å². The van der Waals surface area contributed by atoms with Crippen LogP contribution in [0.15, 0.2) is 24.3 Å². The van der Waals surface area contributed by atoms with Crippen molar-refractivity contribution in [1.29, 1.82) is 0 Å². The van der Waals surface area contributed by atoms with Crippen molar-refractivity contribution in [1.82, 2.24) is 15.1 Å². The summed E-state index contributed by atoms with van der Waals surface area (Å²) in [7, 11) is 0. The van der Waals surface area contributed by atoms with Gasteiger partial charge in [0.15, 0.2) is 0 Å². The van der Waals surface area contributed by atoms with Gasteiger partial charge in [0.25, 0.3) is 0 Å². The van der Waals surface area contributed by atoms with E-state index in [4.69, 9.17) is 11.6 Å². The van der Waals surface area contributed by atoms with Gasteiger partial charge in [0, 0.05) is 44.2 Å². The third kappa shape index (κ3) is 4.38. The summed E-state index contributed by atoms with van der Waals surface area (Å²) in [4.78, 5) is 29.4. The summed E-state index contributed by atoms with van der Waals surface area (Å²) < 4.78 is 0. The van der Waals surface area contributed by atoms with Gasteiger partial charge in [0.05, 0.1) is 12.0 Å². The number of benzene rings is 1. The van der Waals surface area contributed by atoms with Crippen LogP contribution in [0, 0.1) is 5.92 Å². The van der Waals surface area contributed by atoms with Crippen LogP contribution < -0.4 is 5.32 Å². The van der Waals surface area contributed by atoms with E-state index < -0.39 is 0 Å². The predicted octanol–water partition coefficient (Wildman–Crippen LogP) is 2.85. The Kier molecular flexibility index (Phi) is 6.54. The smallest absolute Gasteiger partial charge is 0.228 e. The third-order valence-corrected chi connectivity index (χ3v) is 5.58. The van der Waals surface area contributed by atoms with E-state index in [2.05, 4.69) is 5.32 Å². The highest BCUT2D eigenvalue weighted by molar-refractivity contribution is 6.30. The number of amides is 2. The van der Waals surface area contributed by atoms with Crippen molar-refractivity contribution in [2.24, 2.45) is 5.92 Å². The molecule has 2 heterocycles. The molecule has 1 N–H and O–H groups in total. The number of likely N-dealkylation sites (tertiary alicyclic amines) is 1. The minimum Gasteiger partial charge on any atom is -0.342 e. The minimum absolute atomic E-state index is 0.00308. The van der Waals surface area contributed by atoms with Gasteiger partial charge < -0.3 is 15.1 Å². The Labute approximate surface area is 160 Å². The Morgan fingerprint density at radius 2 is 2.15 bits per heavy atom. The molecule has 142 valence electrons.